The fraction of sp³-hybridized carbons (Fsp3) is 0.533. The van der Waals surface area contributed by atoms with Crippen molar-refractivity contribution >= 4 is 12.0 Å². The normalized spacial score (nSPS) is 31.5. The monoisotopic (exact) mass is 328 g/mol. The standard InChI is InChI=1S/C15H20O8/c1-3-4-9-10(8(5-16)6-21-9)14(20)23-15-13(19)12(18)11(17)7(2)22-15/h3-4,6-7,11-13,15-19H,5H2,1-2H3/t7-,11-,12+,13+,15-/m0/s1. The summed E-state index contributed by atoms with van der Waals surface area (Å²) in [7, 11) is 0. The van der Waals surface area contributed by atoms with Crippen molar-refractivity contribution in [3.8, 4) is 0 Å². The van der Waals surface area contributed by atoms with Crippen molar-refractivity contribution in [2.24, 2.45) is 0 Å². The second kappa shape index (κ2) is 7.24. The van der Waals surface area contributed by atoms with Gasteiger partial charge < -0.3 is 34.3 Å². The molecule has 0 spiro atoms. The van der Waals surface area contributed by atoms with Crippen LogP contribution in [0.4, 0.5) is 0 Å². The van der Waals surface area contributed by atoms with E-state index in [1.54, 1.807) is 13.0 Å². The van der Waals surface area contributed by atoms with Crippen LogP contribution in [0.15, 0.2) is 16.8 Å². The summed E-state index contributed by atoms with van der Waals surface area (Å²) in [4.78, 5) is 12.3. The first kappa shape index (κ1) is 17.6. The number of carbonyl (C=O) groups excluding carboxylic acids is 1. The van der Waals surface area contributed by atoms with Gasteiger partial charge in [-0.3, -0.25) is 0 Å². The maximum atomic E-state index is 12.3. The van der Waals surface area contributed by atoms with E-state index in [1.165, 1.54) is 19.3 Å². The molecule has 1 saturated heterocycles. The predicted octanol–water partition coefficient (Wildman–Crippen LogP) is -0.211. The largest absolute Gasteiger partial charge is 0.464 e. The summed E-state index contributed by atoms with van der Waals surface area (Å²) < 4.78 is 15.5. The average Bonchev–Trinajstić information content (AvgIpc) is 2.93. The lowest BCUT2D eigenvalue weighted by molar-refractivity contribution is -0.276. The minimum Gasteiger partial charge on any atom is -0.464 e. The van der Waals surface area contributed by atoms with E-state index in [1.807, 2.05) is 0 Å². The molecule has 1 aromatic heterocycles. The average molecular weight is 328 g/mol. The highest BCUT2D eigenvalue weighted by molar-refractivity contribution is 5.94. The van der Waals surface area contributed by atoms with Crippen LogP contribution in [-0.4, -0.2) is 57.1 Å². The minimum absolute atomic E-state index is 0.00895. The van der Waals surface area contributed by atoms with Crippen molar-refractivity contribution in [1.29, 1.82) is 0 Å². The van der Waals surface area contributed by atoms with Gasteiger partial charge in [0, 0.05) is 5.56 Å². The first-order valence-electron chi connectivity index (χ1n) is 7.15. The third-order valence-electron chi connectivity index (χ3n) is 3.62. The predicted molar refractivity (Wildman–Crippen MR) is 77.1 cm³/mol. The molecule has 0 unspecified atom stereocenters. The summed E-state index contributed by atoms with van der Waals surface area (Å²) in [6, 6.07) is 0. The second-order valence-corrected chi connectivity index (χ2v) is 5.24. The molecule has 0 aromatic carbocycles. The SMILES string of the molecule is CC=Cc1occ(CO)c1C(=O)O[C@@H]1O[C@@H](C)[C@H](O)[C@@H](O)[C@H]1O. The molecule has 1 aliphatic heterocycles. The highest BCUT2D eigenvalue weighted by Crippen LogP contribution is 2.25. The Morgan fingerprint density at radius 3 is 2.61 bits per heavy atom. The molecule has 2 rings (SSSR count). The fourth-order valence-electron chi connectivity index (χ4n) is 2.31. The molecule has 8 nitrogen and oxygen atoms in total. The zero-order valence-electron chi connectivity index (χ0n) is 12.7. The molecule has 0 amide bonds. The van der Waals surface area contributed by atoms with Crippen LogP contribution in [0.5, 0.6) is 0 Å². The van der Waals surface area contributed by atoms with E-state index in [2.05, 4.69) is 0 Å². The number of aliphatic hydroxyl groups excluding tert-OH is 4. The van der Waals surface area contributed by atoms with Crippen LogP contribution in [0.1, 0.15) is 35.5 Å². The topological polar surface area (TPSA) is 130 Å². The summed E-state index contributed by atoms with van der Waals surface area (Å²) in [6.45, 7) is 2.77. The highest BCUT2D eigenvalue weighted by Gasteiger charge is 2.44. The molecule has 8 heteroatoms. The number of carbonyl (C=O) groups is 1. The molecular formula is C15H20O8. The van der Waals surface area contributed by atoms with Crippen LogP contribution < -0.4 is 0 Å². The fourth-order valence-corrected chi connectivity index (χ4v) is 2.31. The van der Waals surface area contributed by atoms with E-state index in [0.717, 1.165) is 0 Å². The molecule has 1 aromatic rings. The molecule has 0 radical (unpaired) electrons. The van der Waals surface area contributed by atoms with Crippen molar-refractivity contribution in [2.75, 3.05) is 0 Å². The van der Waals surface area contributed by atoms with Crippen LogP contribution >= 0.6 is 0 Å². The Bertz CT molecular complexity index is 578. The number of ether oxygens (including phenoxy) is 2. The van der Waals surface area contributed by atoms with Crippen LogP contribution in [0.2, 0.25) is 0 Å². The van der Waals surface area contributed by atoms with Gasteiger partial charge in [-0.2, -0.15) is 0 Å². The quantitative estimate of drug-likeness (QED) is 0.559. The van der Waals surface area contributed by atoms with E-state index in [0.29, 0.717) is 0 Å². The van der Waals surface area contributed by atoms with Gasteiger partial charge in [-0.15, -0.1) is 0 Å². The Labute approximate surface area is 132 Å². The summed E-state index contributed by atoms with van der Waals surface area (Å²) >= 11 is 0. The van der Waals surface area contributed by atoms with Crippen molar-refractivity contribution in [3.05, 3.63) is 29.2 Å². The van der Waals surface area contributed by atoms with E-state index in [4.69, 9.17) is 13.9 Å². The van der Waals surface area contributed by atoms with Gasteiger partial charge in [0.15, 0.2) is 0 Å². The lowest BCUT2D eigenvalue weighted by atomic mass is 10.00. The van der Waals surface area contributed by atoms with Gasteiger partial charge in [0.2, 0.25) is 6.29 Å². The van der Waals surface area contributed by atoms with Crippen LogP contribution in [0, 0.1) is 0 Å². The number of furan rings is 1. The third-order valence-corrected chi connectivity index (χ3v) is 3.62. The zero-order chi connectivity index (χ0) is 17.1. The van der Waals surface area contributed by atoms with E-state index >= 15 is 0 Å². The zero-order valence-corrected chi connectivity index (χ0v) is 12.7. The minimum atomic E-state index is -1.60. The Hall–Kier alpha value is -1.71. The third kappa shape index (κ3) is 3.46. The molecule has 1 aliphatic rings. The van der Waals surface area contributed by atoms with Gasteiger partial charge in [-0.1, -0.05) is 6.08 Å². The van der Waals surface area contributed by atoms with E-state index < -0.39 is 43.3 Å². The second-order valence-electron chi connectivity index (χ2n) is 5.24. The molecule has 0 bridgehead atoms. The summed E-state index contributed by atoms with van der Waals surface area (Å²) in [6.07, 6.45) is -2.28. The first-order chi connectivity index (χ1) is 10.9. The number of aliphatic hydroxyl groups is 4. The van der Waals surface area contributed by atoms with Gasteiger partial charge >= 0.3 is 5.97 Å². The Morgan fingerprint density at radius 2 is 2.00 bits per heavy atom. The highest BCUT2D eigenvalue weighted by atomic mass is 16.7. The van der Waals surface area contributed by atoms with E-state index in [-0.39, 0.29) is 16.9 Å². The number of allylic oxidation sites excluding steroid dienone is 1. The number of esters is 1. The molecule has 2 heterocycles. The summed E-state index contributed by atoms with van der Waals surface area (Å²) in [5.74, 6) is -0.684. The van der Waals surface area contributed by atoms with Crippen molar-refractivity contribution in [1.82, 2.24) is 0 Å². The van der Waals surface area contributed by atoms with Crippen molar-refractivity contribution in [3.63, 3.8) is 0 Å². The van der Waals surface area contributed by atoms with Crippen LogP contribution in [0.25, 0.3) is 6.08 Å². The van der Waals surface area contributed by atoms with Crippen molar-refractivity contribution < 1.29 is 39.1 Å². The smallest absolute Gasteiger partial charge is 0.344 e. The Kier molecular flexibility index (Phi) is 5.55. The molecule has 5 atom stereocenters. The maximum absolute atomic E-state index is 12.3. The summed E-state index contributed by atoms with van der Waals surface area (Å²) in [5, 5.41) is 38.5. The van der Waals surface area contributed by atoms with E-state index in [9.17, 15) is 25.2 Å². The molecule has 128 valence electrons. The van der Waals surface area contributed by atoms with Gasteiger partial charge in [0.25, 0.3) is 0 Å². The Morgan fingerprint density at radius 1 is 1.30 bits per heavy atom. The molecule has 1 fully saturated rings. The molecule has 23 heavy (non-hydrogen) atoms. The molecule has 0 aliphatic carbocycles. The first-order valence-corrected chi connectivity index (χ1v) is 7.15. The van der Waals surface area contributed by atoms with Crippen molar-refractivity contribution in [2.45, 2.75) is 51.2 Å². The van der Waals surface area contributed by atoms with Gasteiger partial charge in [0.05, 0.1) is 19.0 Å². The van der Waals surface area contributed by atoms with Gasteiger partial charge in [-0.25, -0.2) is 4.79 Å². The maximum Gasteiger partial charge on any atom is 0.344 e. The summed E-state index contributed by atoms with van der Waals surface area (Å²) in [5.41, 5.74) is 0.233. The number of rotatable bonds is 4. The van der Waals surface area contributed by atoms with Gasteiger partial charge in [0.1, 0.15) is 29.6 Å². The Balaban J connectivity index is 2.20. The number of hydrogen-bond donors (Lipinski definition) is 4. The molecule has 4 N–H and O–H groups in total. The molecular weight excluding hydrogens is 308 g/mol. The van der Waals surface area contributed by atoms with Crippen LogP contribution in [-0.2, 0) is 16.1 Å². The van der Waals surface area contributed by atoms with Gasteiger partial charge in [-0.05, 0) is 19.9 Å². The lowest BCUT2D eigenvalue weighted by Crippen LogP contribution is -2.57. The van der Waals surface area contributed by atoms with Crippen LogP contribution in [0.3, 0.4) is 0 Å². The lowest BCUT2D eigenvalue weighted by Gasteiger charge is -2.38. The number of hydrogen-bond acceptors (Lipinski definition) is 8. The molecule has 0 saturated carbocycles.